The summed E-state index contributed by atoms with van der Waals surface area (Å²) >= 11 is 0. The van der Waals surface area contributed by atoms with Gasteiger partial charge in [-0.05, 0) is 26.2 Å². The highest BCUT2D eigenvalue weighted by molar-refractivity contribution is 5.83. The van der Waals surface area contributed by atoms with Gasteiger partial charge < -0.3 is 14.9 Å². The lowest BCUT2D eigenvalue weighted by atomic mass is 10.0. The number of rotatable bonds is 4. The minimum atomic E-state index is -0.956. The number of carboxylic acid groups (broad SMARTS) is 1. The van der Waals surface area contributed by atoms with Crippen LogP contribution in [0.3, 0.4) is 0 Å². The average Bonchev–Trinajstić information content (AvgIpc) is 2.76. The summed E-state index contributed by atoms with van der Waals surface area (Å²) in [6, 6.07) is 1.06. The monoisotopic (exact) mass is 267 g/mol. The number of hydrogen-bond acceptors (Lipinski definition) is 3. The van der Waals surface area contributed by atoms with Crippen LogP contribution in [0, 0.1) is 23.2 Å². The molecule has 0 aliphatic carbocycles. The first kappa shape index (κ1) is 15.3. The molecule has 1 N–H and O–H groups in total. The molecule has 6 heteroatoms. The number of amides is 2. The Morgan fingerprint density at radius 1 is 1.58 bits per heavy atom. The van der Waals surface area contributed by atoms with Crippen molar-refractivity contribution in [1.82, 2.24) is 9.80 Å². The first-order valence-corrected chi connectivity index (χ1v) is 6.60. The molecule has 3 atom stereocenters. The molecule has 0 bridgehead atoms. The maximum absolute atomic E-state index is 12.4. The number of carbonyl (C=O) groups is 2. The van der Waals surface area contributed by atoms with Gasteiger partial charge in [0.15, 0.2) is 0 Å². The van der Waals surface area contributed by atoms with Crippen LogP contribution in [0.25, 0.3) is 0 Å². The van der Waals surface area contributed by atoms with Crippen molar-refractivity contribution in [2.24, 2.45) is 11.8 Å². The summed E-state index contributed by atoms with van der Waals surface area (Å²) in [6.07, 6.45) is 0.702. The Morgan fingerprint density at radius 3 is 2.68 bits per heavy atom. The van der Waals surface area contributed by atoms with E-state index in [0.29, 0.717) is 26.1 Å². The fraction of sp³-hybridized carbons (Fsp3) is 0.769. The topological polar surface area (TPSA) is 84.6 Å². The third-order valence-corrected chi connectivity index (χ3v) is 3.57. The summed E-state index contributed by atoms with van der Waals surface area (Å²) in [4.78, 5) is 26.6. The minimum Gasteiger partial charge on any atom is -0.480 e. The van der Waals surface area contributed by atoms with Crippen molar-refractivity contribution in [1.29, 1.82) is 5.26 Å². The fourth-order valence-electron chi connectivity index (χ4n) is 2.43. The molecule has 1 aliphatic rings. The van der Waals surface area contributed by atoms with E-state index < -0.39 is 12.0 Å². The third kappa shape index (κ3) is 3.37. The molecule has 0 aromatic heterocycles. The van der Waals surface area contributed by atoms with Crippen LogP contribution in [0.1, 0.15) is 27.2 Å². The van der Waals surface area contributed by atoms with Gasteiger partial charge in [-0.15, -0.1) is 0 Å². The molecule has 19 heavy (non-hydrogen) atoms. The first-order valence-electron chi connectivity index (χ1n) is 6.60. The smallest absolute Gasteiger partial charge is 0.326 e. The van der Waals surface area contributed by atoms with Gasteiger partial charge in [-0.2, -0.15) is 5.26 Å². The number of carbonyl (C=O) groups excluding carboxylic acids is 1. The second-order valence-corrected chi connectivity index (χ2v) is 5.09. The summed E-state index contributed by atoms with van der Waals surface area (Å²) in [5, 5.41) is 18.0. The van der Waals surface area contributed by atoms with E-state index in [-0.39, 0.29) is 17.9 Å². The molecule has 0 aromatic carbocycles. The average molecular weight is 267 g/mol. The first-order chi connectivity index (χ1) is 8.92. The van der Waals surface area contributed by atoms with Crippen LogP contribution < -0.4 is 0 Å². The Balaban J connectivity index is 2.80. The van der Waals surface area contributed by atoms with E-state index in [4.69, 9.17) is 5.26 Å². The van der Waals surface area contributed by atoms with Crippen LogP contribution in [-0.4, -0.2) is 52.6 Å². The molecule has 1 fully saturated rings. The molecular formula is C13H21N3O3. The molecule has 0 saturated carbocycles. The Kier molecular flexibility index (Phi) is 5.16. The van der Waals surface area contributed by atoms with Crippen molar-refractivity contribution in [2.75, 3.05) is 19.6 Å². The largest absolute Gasteiger partial charge is 0.480 e. The summed E-state index contributed by atoms with van der Waals surface area (Å²) < 4.78 is 0. The highest BCUT2D eigenvalue weighted by Gasteiger charge is 2.40. The van der Waals surface area contributed by atoms with Gasteiger partial charge in [0, 0.05) is 19.6 Å². The number of aliphatic carboxylic acids is 1. The lowest BCUT2D eigenvalue weighted by Gasteiger charge is -2.30. The number of nitriles is 1. The summed E-state index contributed by atoms with van der Waals surface area (Å²) in [7, 11) is 0. The third-order valence-electron chi connectivity index (χ3n) is 3.57. The van der Waals surface area contributed by atoms with Gasteiger partial charge in [0.05, 0.1) is 12.0 Å². The summed E-state index contributed by atoms with van der Waals surface area (Å²) in [6.45, 7) is 6.70. The molecule has 1 rings (SSSR count). The van der Waals surface area contributed by atoms with Crippen molar-refractivity contribution >= 4 is 12.0 Å². The Bertz CT molecular complexity index is 391. The Labute approximate surface area is 113 Å². The zero-order chi connectivity index (χ0) is 14.6. The zero-order valence-electron chi connectivity index (χ0n) is 11.7. The van der Waals surface area contributed by atoms with Crippen molar-refractivity contribution < 1.29 is 14.7 Å². The number of nitrogens with zero attached hydrogens (tertiary/aromatic N) is 3. The van der Waals surface area contributed by atoms with Crippen LogP contribution in [0.4, 0.5) is 4.79 Å². The fourth-order valence-corrected chi connectivity index (χ4v) is 2.43. The molecule has 0 radical (unpaired) electrons. The highest BCUT2D eigenvalue weighted by Crippen LogP contribution is 2.25. The summed E-state index contributed by atoms with van der Waals surface area (Å²) in [5.74, 6) is -1.25. The number of hydrogen-bond donors (Lipinski definition) is 1. The molecule has 3 unspecified atom stereocenters. The second kappa shape index (κ2) is 6.41. The van der Waals surface area contributed by atoms with Crippen LogP contribution in [-0.2, 0) is 4.79 Å². The van der Waals surface area contributed by atoms with Crippen molar-refractivity contribution in [2.45, 2.75) is 33.2 Å². The van der Waals surface area contributed by atoms with E-state index >= 15 is 0 Å². The quantitative estimate of drug-likeness (QED) is 0.834. The zero-order valence-corrected chi connectivity index (χ0v) is 11.7. The molecule has 0 aromatic rings. The Morgan fingerprint density at radius 2 is 2.21 bits per heavy atom. The van der Waals surface area contributed by atoms with Crippen molar-refractivity contribution in [3.8, 4) is 6.07 Å². The lowest BCUT2D eigenvalue weighted by molar-refractivity contribution is -0.142. The minimum absolute atomic E-state index is 0.0338. The second-order valence-electron chi connectivity index (χ2n) is 5.09. The van der Waals surface area contributed by atoms with E-state index in [1.54, 1.807) is 11.8 Å². The van der Waals surface area contributed by atoms with Gasteiger partial charge in [0.1, 0.15) is 6.04 Å². The number of urea groups is 1. The van der Waals surface area contributed by atoms with Gasteiger partial charge in [0.2, 0.25) is 0 Å². The standard InChI is InChI=1S/C13H21N3O3/c1-4-15(8-9(2)7-14)13(19)16-6-5-10(3)11(16)12(17)18/h9-11H,4-6,8H2,1-3H3,(H,17,18). The van der Waals surface area contributed by atoms with Crippen LogP contribution in [0.2, 0.25) is 0 Å². The maximum atomic E-state index is 12.4. The van der Waals surface area contributed by atoms with E-state index in [2.05, 4.69) is 6.07 Å². The number of carboxylic acids is 1. The highest BCUT2D eigenvalue weighted by atomic mass is 16.4. The molecule has 1 heterocycles. The Hall–Kier alpha value is -1.77. The lowest BCUT2D eigenvalue weighted by Crippen LogP contribution is -2.50. The van der Waals surface area contributed by atoms with E-state index in [9.17, 15) is 14.7 Å². The van der Waals surface area contributed by atoms with E-state index in [0.717, 1.165) is 0 Å². The van der Waals surface area contributed by atoms with Gasteiger partial charge in [0.25, 0.3) is 0 Å². The van der Waals surface area contributed by atoms with E-state index in [1.165, 1.54) is 4.90 Å². The number of likely N-dealkylation sites (tertiary alicyclic amines) is 1. The molecular weight excluding hydrogens is 246 g/mol. The van der Waals surface area contributed by atoms with E-state index in [1.807, 2.05) is 13.8 Å². The van der Waals surface area contributed by atoms with Gasteiger partial charge >= 0.3 is 12.0 Å². The van der Waals surface area contributed by atoms with Crippen molar-refractivity contribution in [3.05, 3.63) is 0 Å². The van der Waals surface area contributed by atoms with Crippen molar-refractivity contribution in [3.63, 3.8) is 0 Å². The van der Waals surface area contributed by atoms with Gasteiger partial charge in [-0.3, -0.25) is 0 Å². The molecule has 2 amide bonds. The maximum Gasteiger partial charge on any atom is 0.326 e. The predicted molar refractivity (Wildman–Crippen MR) is 69.3 cm³/mol. The molecule has 1 saturated heterocycles. The molecule has 0 spiro atoms. The van der Waals surface area contributed by atoms with Crippen LogP contribution in [0.5, 0.6) is 0 Å². The normalized spacial score (nSPS) is 23.8. The predicted octanol–water partition coefficient (Wildman–Crippen LogP) is 1.38. The van der Waals surface area contributed by atoms with Gasteiger partial charge in [-0.1, -0.05) is 6.92 Å². The van der Waals surface area contributed by atoms with Crippen LogP contribution >= 0.6 is 0 Å². The van der Waals surface area contributed by atoms with Gasteiger partial charge in [-0.25, -0.2) is 9.59 Å². The molecule has 6 nitrogen and oxygen atoms in total. The van der Waals surface area contributed by atoms with Crippen LogP contribution in [0.15, 0.2) is 0 Å². The SMILES string of the molecule is CCN(CC(C)C#N)C(=O)N1CCC(C)C1C(=O)O. The molecule has 1 aliphatic heterocycles. The molecule has 106 valence electrons. The summed E-state index contributed by atoms with van der Waals surface area (Å²) in [5.41, 5.74) is 0.